The Morgan fingerprint density at radius 2 is 1.88 bits per heavy atom. The molecule has 4 rings (SSSR count). The maximum Gasteiger partial charge on any atom is 0.227 e. The van der Waals surface area contributed by atoms with Gasteiger partial charge in [0, 0.05) is 37.2 Å². The molecule has 2 N–H and O–H groups in total. The minimum atomic E-state index is -0.788. The second-order valence-corrected chi connectivity index (χ2v) is 7.32. The lowest BCUT2D eigenvalue weighted by Crippen LogP contribution is -2.49. The number of nitrogens with one attached hydrogen (secondary N) is 2. The van der Waals surface area contributed by atoms with Crippen LogP contribution in [0, 0.1) is 17.6 Å². The van der Waals surface area contributed by atoms with E-state index in [1.54, 1.807) is 0 Å². The summed E-state index contributed by atoms with van der Waals surface area (Å²) in [5, 5.41) is 6.59. The van der Waals surface area contributed by atoms with Crippen LogP contribution >= 0.6 is 12.4 Å². The number of fused-ring (bicyclic) bond motifs is 2. The van der Waals surface area contributed by atoms with Crippen molar-refractivity contribution in [3.63, 3.8) is 0 Å². The fourth-order valence-electron chi connectivity index (χ4n) is 4.31. The first kappa shape index (κ1) is 19.0. The number of piperidine rings is 1. The molecule has 5 nitrogen and oxygen atoms in total. The molecule has 26 heavy (non-hydrogen) atoms. The Kier molecular flexibility index (Phi) is 5.48. The van der Waals surface area contributed by atoms with E-state index in [2.05, 4.69) is 10.6 Å². The van der Waals surface area contributed by atoms with Crippen molar-refractivity contribution in [1.29, 1.82) is 0 Å². The third kappa shape index (κ3) is 3.69. The van der Waals surface area contributed by atoms with Crippen LogP contribution < -0.4 is 15.5 Å². The lowest BCUT2D eigenvalue weighted by Gasteiger charge is -2.30. The Balaban J connectivity index is 0.00000196. The Bertz CT molecular complexity index is 706. The summed E-state index contributed by atoms with van der Waals surface area (Å²) in [6.07, 6.45) is 4.19. The van der Waals surface area contributed by atoms with Gasteiger partial charge in [0.05, 0.1) is 11.6 Å². The summed E-state index contributed by atoms with van der Waals surface area (Å²) in [6, 6.07) is 4.19. The molecule has 2 bridgehead atoms. The van der Waals surface area contributed by atoms with Gasteiger partial charge in [-0.25, -0.2) is 8.78 Å². The average Bonchev–Trinajstić information content (AvgIpc) is 3.10. The van der Waals surface area contributed by atoms with Crippen LogP contribution in [0.25, 0.3) is 0 Å². The van der Waals surface area contributed by atoms with Crippen molar-refractivity contribution in [1.82, 2.24) is 10.6 Å². The molecule has 1 aromatic carbocycles. The summed E-state index contributed by atoms with van der Waals surface area (Å²) < 4.78 is 27.0. The zero-order valence-electron chi connectivity index (χ0n) is 14.2. The van der Waals surface area contributed by atoms with Gasteiger partial charge in [-0.1, -0.05) is 0 Å². The molecule has 3 aliphatic rings. The monoisotopic (exact) mass is 385 g/mol. The van der Waals surface area contributed by atoms with Crippen LogP contribution in [0.4, 0.5) is 14.5 Å². The molecule has 0 aliphatic carbocycles. The highest BCUT2D eigenvalue weighted by molar-refractivity contribution is 6.00. The standard InChI is InChI=1S/C18H21F2N3O2.ClH/c19-11-1-4-16(15(20)6-11)23-9-10(5-17(23)24)18(25)22-14-7-12-2-3-13(8-14)21-12;/h1,4,6,10,12-14,21H,2-3,5,7-9H2,(H,22,25);1H. The maximum atomic E-state index is 13.9. The number of nitrogens with zero attached hydrogens (tertiary/aromatic N) is 1. The van der Waals surface area contributed by atoms with Gasteiger partial charge in [0.25, 0.3) is 0 Å². The molecule has 1 aromatic rings. The third-order valence-corrected chi connectivity index (χ3v) is 5.52. The van der Waals surface area contributed by atoms with Gasteiger partial charge >= 0.3 is 0 Å². The van der Waals surface area contributed by atoms with Crippen molar-refractivity contribution in [3.8, 4) is 0 Å². The molecule has 3 aliphatic heterocycles. The van der Waals surface area contributed by atoms with E-state index in [0.29, 0.717) is 12.1 Å². The fraction of sp³-hybridized carbons (Fsp3) is 0.556. The van der Waals surface area contributed by atoms with Gasteiger partial charge in [-0.15, -0.1) is 12.4 Å². The molecule has 0 aromatic heterocycles. The van der Waals surface area contributed by atoms with Crippen molar-refractivity contribution < 1.29 is 18.4 Å². The van der Waals surface area contributed by atoms with Gasteiger partial charge in [0.2, 0.25) is 11.8 Å². The number of carbonyl (C=O) groups is 2. The first-order valence-corrected chi connectivity index (χ1v) is 8.81. The molecule has 3 fully saturated rings. The maximum absolute atomic E-state index is 13.9. The summed E-state index contributed by atoms with van der Waals surface area (Å²) in [6.45, 7) is 0.130. The molecule has 8 heteroatoms. The van der Waals surface area contributed by atoms with Crippen LogP contribution in [0.1, 0.15) is 32.1 Å². The van der Waals surface area contributed by atoms with Crippen LogP contribution in [0.3, 0.4) is 0 Å². The predicted molar refractivity (Wildman–Crippen MR) is 95.2 cm³/mol. The lowest BCUT2D eigenvalue weighted by atomic mass is 9.98. The molecule has 0 radical (unpaired) electrons. The van der Waals surface area contributed by atoms with E-state index in [-0.39, 0.29) is 48.9 Å². The zero-order valence-corrected chi connectivity index (χ0v) is 15.0. The zero-order chi connectivity index (χ0) is 17.6. The summed E-state index contributed by atoms with van der Waals surface area (Å²) in [5.74, 6) is -2.43. The quantitative estimate of drug-likeness (QED) is 0.838. The Morgan fingerprint density at radius 3 is 2.54 bits per heavy atom. The molecular formula is C18H22ClF2N3O2. The summed E-state index contributed by atoms with van der Waals surface area (Å²) in [5.41, 5.74) is 0.0293. The Morgan fingerprint density at radius 1 is 1.19 bits per heavy atom. The summed E-state index contributed by atoms with van der Waals surface area (Å²) in [4.78, 5) is 26.0. The van der Waals surface area contributed by atoms with Crippen molar-refractivity contribution in [3.05, 3.63) is 29.8 Å². The smallest absolute Gasteiger partial charge is 0.227 e. The normalized spacial score (nSPS) is 30.2. The van der Waals surface area contributed by atoms with E-state index in [1.807, 2.05) is 0 Å². The minimum Gasteiger partial charge on any atom is -0.353 e. The molecule has 142 valence electrons. The SMILES string of the molecule is Cl.O=C(NC1CC2CCC(C1)N2)C1CC(=O)N(c2ccc(F)cc2F)C1. The van der Waals surface area contributed by atoms with Crippen LogP contribution in [-0.2, 0) is 9.59 Å². The number of amides is 2. The first-order valence-electron chi connectivity index (χ1n) is 8.81. The first-order chi connectivity index (χ1) is 12.0. The number of rotatable bonds is 3. The topological polar surface area (TPSA) is 61.4 Å². The van der Waals surface area contributed by atoms with Gasteiger partial charge in [0.1, 0.15) is 11.6 Å². The van der Waals surface area contributed by atoms with E-state index in [1.165, 1.54) is 11.0 Å². The van der Waals surface area contributed by atoms with Gasteiger partial charge < -0.3 is 15.5 Å². The summed E-state index contributed by atoms with van der Waals surface area (Å²) in [7, 11) is 0. The number of anilines is 1. The van der Waals surface area contributed by atoms with Crippen molar-refractivity contribution in [2.75, 3.05) is 11.4 Å². The largest absolute Gasteiger partial charge is 0.353 e. The van der Waals surface area contributed by atoms with E-state index in [4.69, 9.17) is 0 Å². The second-order valence-electron chi connectivity index (χ2n) is 7.32. The van der Waals surface area contributed by atoms with Crippen LogP contribution in [0.15, 0.2) is 18.2 Å². The number of halogens is 3. The fourth-order valence-corrected chi connectivity index (χ4v) is 4.31. The number of carbonyl (C=O) groups excluding carboxylic acids is 2. The summed E-state index contributed by atoms with van der Waals surface area (Å²) >= 11 is 0. The van der Waals surface area contributed by atoms with Crippen molar-refractivity contribution in [2.24, 2.45) is 5.92 Å². The number of benzene rings is 1. The molecular weight excluding hydrogens is 364 g/mol. The molecule has 3 unspecified atom stereocenters. The Labute approximate surface area is 156 Å². The predicted octanol–water partition coefficient (Wildman–Crippen LogP) is 2.14. The van der Waals surface area contributed by atoms with E-state index < -0.39 is 17.6 Å². The third-order valence-electron chi connectivity index (χ3n) is 5.52. The number of hydrogen-bond donors (Lipinski definition) is 2. The minimum absolute atomic E-state index is 0. The molecule has 3 atom stereocenters. The van der Waals surface area contributed by atoms with Gasteiger partial charge in [0.15, 0.2) is 0 Å². The van der Waals surface area contributed by atoms with Crippen molar-refractivity contribution >= 4 is 29.9 Å². The van der Waals surface area contributed by atoms with Crippen LogP contribution in [0.2, 0.25) is 0 Å². The molecule has 2 amide bonds. The highest BCUT2D eigenvalue weighted by atomic mass is 35.5. The van der Waals surface area contributed by atoms with Gasteiger partial charge in [-0.2, -0.15) is 0 Å². The highest BCUT2D eigenvalue weighted by Crippen LogP contribution is 2.30. The van der Waals surface area contributed by atoms with E-state index >= 15 is 0 Å². The Hall–Kier alpha value is -1.73. The van der Waals surface area contributed by atoms with E-state index in [9.17, 15) is 18.4 Å². The van der Waals surface area contributed by atoms with Gasteiger partial charge in [-0.05, 0) is 37.8 Å². The molecule has 0 spiro atoms. The lowest BCUT2D eigenvalue weighted by molar-refractivity contribution is -0.127. The molecule has 3 saturated heterocycles. The average molecular weight is 386 g/mol. The van der Waals surface area contributed by atoms with E-state index in [0.717, 1.165) is 37.8 Å². The highest BCUT2D eigenvalue weighted by Gasteiger charge is 2.39. The molecule has 3 heterocycles. The van der Waals surface area contributed by atoms with Gasteiger partial charge in [-0.3, -0.25) is 9.59 Å². The number of hydrogen-bond acceptors (Lipinski definition) is 3. The molecule has 0 saturated carbocycles. The second kappa shape index (κ2) is 7.48. The van der Waals surface area contributed by atoms with Crippen LogP contribution in [0.5, 0.6) is 0 Å². The van der Waals surface area contributed by atoms with Crippen molar-refractivity contribution in [2.45, 2.75) is 50.2 Å². The van der Waals surface area contributed by atoms with Crippen LogP contribution in [-0.4, -0.2) is 36.5 Å².